The summed E-state index contributed by atoms with van der Waals surface area (Å²) in [6, 6.07) is 10.2. The minimum absolute atomic E-state index is 0.0845. The zero-order valence-electron chi connectivity index (χ0n) is 13.0. The molecule has 0 aliphatic rings. The van der Waals surface area contributed by atoms with E-state index in [1.54, 1.807) is 0 Å². The molecule has 2 rings (SSSR count). The minimum atomic E-state index is -0.875. The Hall–Kier alpha value is -2.08. The van der Waals surface area contributed by atoms with Crippen molar-refractivity contribution in [3.63, 3.8) is 0 Å². The third-order valence-electron chi connectivity index (χ3n) is 3.55. The summed E-state index contributed by atoms with van der Waals surface area (Å²) in [5.41, 5.74) is 0.282. The van der Waals surface area contributed by atoms with Gasteiger partial charge in [-0.1, -0.05) is 34.1 Å². The molecule has 3 nitrogen and oxygen atoms in total. The maximum atomic E-state index is 13.7. The molecule has 0 spiro atoms. The molecule has 24 heavy (non-hydrogen) atoms. The second-order valence-electron chi connectivity index (χ2n) is 5.36. The molecule has 126 valence electrons. The van der Waals surface area contributed by atoms with E-state index in [0.717, 1.165) is 22.2 Å². The van der Waals surface area contributed by atoms with E-state index >= 15 is 0 Å². The second kappa shape index (κ2) is 8.15. The molecule has 0 fully saturated rings. The van der Waals surface area contributed by atoms with E-state index in [0.29, 0.717) is 0 Å². The molecule has 0 heterocycles. The van der Waals surface area contributed by atoms with Crippen molar-refractivity contribution in [2.75, 3.05) is 0 Å². The van der Waals surface area contributed by atoms with Gasteiger partial charge in [-0.15, -0.1) is 0 Å². The van der Waals surface area contributed by atoms with Crippen molar-refractivity contribution in [1.29, 1.82) is 0 Å². The number of hydrogen-bond donors (Lipinski definition) is 1. The highest BCUT2D eigenvalue weighted by atomic mass is 79.9. The van der Waals surface area contributed by atoms with Gasteiger partial charge in [-0.2, -0.15) is 0 Å². The number of benzene rings is 2. The summed E-state index contributed by atoms with van der Waals surface area (Å²) >= 11 is 3.33. The average Bonchev–Trinajstić information content (AvgIpc) is 2.52. The van der Waals surface area contributed by atoms with Gasteiger partial charge >= 0.3 is 0 Å². The fourth-order valence-corrected chi connectivity index (χ4v) is 2.69. The van der Waals surface area contributed by atoms with Crippen LogP contribution in [0.5, 0.6) is 0 Å². The standard InChI is InChI=1S/C18H16BrF2NO2/c1-11(23)22-16(12-5-7-13(19)8-6-12)9-10-17(24)18-14(20)3-2-4-15(18)21/h2-8,16H,9-10H2,1H3,(H,22,23). The highest BCUT2D eigenvalue weighted by Gasteiger charge is 2.20. The van der Waals surface area contributed by atoms with Gasteiger partial charge in [0.2, 0.25) is 5.91 Å². The van der Waals surface area contributed by atoms with Crippen LogP contribution < -0.4 is 5.32 Å². The lowest BCUT2D eigenvalue weighted by Gasteiger charge is -2.18. The summed E-state index contributed by atoms with van der Waals surface area (Å²) in [6.45, 7) is 1.38. The van der Waals surface area contributed by atoms with Crippen molar-refractivity contribution in [2.24, 2.45) is 0 Å². The van der Waals surface area contributed by atoms with Gasteiger partial charge in [-0.05, 0) is 36.2 Å². The molecule has 1 atom stereocenters. The quantitative estimate of drug-likeness (QED) is 0.728. The van der Waals surface area contributed by atoms with Crippen LogP contribution in [0.1, 0.15) is 41.7 Å². The highest BCUT2D eigenvalue weighted by molar-refractivity contribution is 9.10. The molecular formula is C18H16BrF2NO2. The van der Waals surface area contributed by atoms with E-state index in [-0.39, 0.29) is 18.7 Å². The Morgan fingerprint density at radius 1 is 1.08 bits per heavy atom. The van der Waals surface area contributed by atoms with Crippen molar-refractivity contribution in [3.05, 3.63) is 69.7 Å². The van der Waals surface area contributed by atoms with Gasteiger partial charge in [0.1, 0.15) is 11.6 Å². The van der Waals surface area contributed by atoms with Gasteiger partial charge in [0.15, 0.2) is 5.78 Å². The van der Waals surface area contributed by atoms with Crippen LogP contribution in [-0.2, 0) is 4.79 Å². The number of carbonyl (C=O) groups is 2. The van der Waals surface area contributed by atoms with Crippen molar-refractivity contribution >= 4 is 27.6 Å². The number of Topliss-reactive ketones (excluding diaryl/α,β-unsaturated/α-hetero) is 1. The van der Waals surface area contributed by atoms with E-state index in [9.17, 15) is 18.4 Å². The first-order valence-electron chi connectivity index (χ1n) is 7.38. The van der Waals surface area contributed by atoms with Crippen LogP contribution in [0.3, 0.4) is 0 Å². The molecule has 0 aliphatic heterocycles. The lowest BCUT2D eigenvalue weighted by Crippen LogP contribution is -2.26. The predicted octanol–water partition coefficient (Wildman–Crippen LogP) is 4.57. The van der Waals surface area contributed by atoms with Crippen molar-refractivity contribution in [2.45, 2.75) is 25.8 Å². The number of ketones is 1. The Balaban J connectivity index is 2.14. The monoisotopic (exact) mass is 395 g/mol. The smallest absolute Gasteiger partial charge is 0.217 e. The topological polar surface area (TPSA) is 46.2 Å². The predicted molar refractivity (Wildman–Crippen MR) is 90.6 cm³/mol. The molecule has 0 bridgehead atoms. The first kappa shape index (κ1) is 18.3. The number of nitrogens with one attached hydrogen (secondary N) is 1. The van der Waals surface area contributed by atoms with Gasteiger partial charge in [0, 0.05) is 17.8 Å². The molecule has 0 aliphatic carbocycles. The van der Waals surface area contributed by atoms with Crippen LogP contribution in [-0.4, -0.2) is 11.7 Å². The zero-order valence-corrected chi connectivity index (χ0v) is 14.6. The van der Waals surface area contributed by atoms with Gasteiger partial charge in [0.05, 0.1) is 11.6 Å². The molecule has 0 radical (unpaired) electrons. The van der Waals surface area contributed by atoms with Crippen LogP contribution in [0.4, 0.5) is 8.78 Å². The van der Waals surface area contributed by atoms with Crippen molar-refractivity contribution < 1.29 is 18.4 Å². The zero-order chi connectivity index (χ0) is 17.7. The normalized spacial score (nSPS) is 11.8. The molecule has 6 heteroatoms. The fourth-order valence-electron chi connectivity index (χ4n) is 2.43. The molecule has 1 amide bonds. The lowest BCUT2D eigenvalue weighted by molar-refractivity contribution is -0.119. The first-order chi connectivity index (χ1) is 11.4. The number of amides is 1. The molecule has 0 saturated carbocycles. The largest absolute Gasteiger partial charge is 0.350 e. The lowest BCUT2D eigenvalue weighted by atomic mass is 9.97. The molecule has 0 aromatic heterocycles. The van der Waals surface area contributed by atoms with Gasteiger partial charge in [-0.3, -0.25) is 9.59 Å². The summed E-state index contributed by atoms with van der Waals surface area (Å²) in [4.78, 5) is 23.6. The average molecular weight is 396 g/mol. The summed E-state index contributed by atoms with van der Waals surface area (Å²) in [7, 11) is 0. The minimum Gasteiger partial charge on any atom is -0.350 e. The maximum absolute atomic E-state index is 13.7. The number of halogens is 3. The van der Waals surface area contributed by atoms with Crippen LogP contribution in [0.25, 0.3) is 0 Å². The first-order valence-corrected chi connectivity index (χ1v) is 8.17. The van der Waals surface area contributed by atoms with Crippen molar-refractivity contribution in [3.8, 4) is 0 Å². The molecule has 0 saturated heterocycles. The number of hydrogen-bond acceptors (Lipinski definition) is 2. The highest BCUT2D eigenvalue weighted by Crippen LogP contribution is 2.23. The summed E-state index contributed by atoms with van der Waals surface area (Å²) in [6.07, 6.45) is 0.159. The fraction of sp³-hybridized carbons (Fsp3) is 0.222. The Kier molecular flexibility index (Phi) is 6.20. The third-order valence-corrected chi connectivity index (χ3v) is 4.08. The molecule has 1 unspecified atom stereocenters. The van der Waals surface area contributed by atoms with E-state index < -0.39 is 29.0 Å². The van der Waals surface area contributed by atoms with E-state index in [1.807, 2.05) is 24.3 Å². The number of rotatable bonds is 6. The summed E-state index contributed by atoms with van der Waals surface area (Å²) in [5.74, 6) is -2.62. The molecular weight excluding hydrogens is 380 g/mol. The Labute approximate surface area is 147 Å². The molecule has 2 aromatic carbocycles. The van der Waals surface area contributed by atoms with E-state index in [4.69, 9.17) is 0 Å². The summed E-state index contributed by atoms with van der Waals surface area (Å²) < 4.78 is 28.2. The van der Waals surface area contributed by atoms with E-state index in [1.165, 1.54) is 13.0 Å². The van der Waals surface area contributed by atoms with Gasteiger partial charge in [-0.25, -0.2) is 8.78 Å². The maximum Gasteiger partial charge on any atom is 0.217 e. The Morgan fingerprint density at radius 2 is 1.67 bits per heavy atom. The third kappa shape index (κ3) is 4.71. The Bertz CT molecular complexity index is 727. The SMILES string of the molecule is CC(=O)NC(CCC(=O)c1c(F)cccc1F)c1ccc(Br)cc1. The molecule has 2 aromatic rings. The van der Waals surface area contributed by atoms with Gasteiger partial charge < -0.3 is 5.32 Å². The van der Waals surface area contributed by atoms with Crippen molar-refractivity contribution in [1.82, 2.24) is 5.32 Å². The van der Waals surface area contributed by atoms with Crippen LogP contribution in [0.2, 0.25) is 0 Å². The summed E-state index contributed by atoms with van der Waals surface area (Å²) in [5, 5.41) is 2.76. The molecule has 1 N–H and O–H groups in total. The van der Waals surface area contributed by atoms with Crippen LogP contribution in [0.15, 0.2) is 46.9 Å². The second-order valence-corrected chi connectivity index (χ2v) is 6.28. The van der Waals surface area contributed by atoms with E-state index in [2.05, 4.69) is 21.2 Å². The Morgan fingerprint density at radius 3 is 2.21 bits per heavy atom. The van der Waals surface area contributed by atoms with Crippen LogP contribution in [0, 0.1) is 11.6 Å². The van der Waals surface area contributed by atoms with Gasteiger partial charge in [0.25, 0.3) is 0 Å². The van der Waals surface area contributed by atoms with Crippen LogP contribution >= 0.6 is 15.9 Å². The number of carbonyl (C=O) groups excluding carboxylic acids is 2.